The number of methoxy groups -OCH3 is 1. The molecule has 0 radical (unpaired) electrons. The maximum atomic E-state index is 5.84. The summed E-state index contributed by atoms with van der Waals surface area (Å²) in [6, 6.07) is 5.75. The molecule has 0 aliphatic carbocycles. The third-order valence-corrected chi connectivity index (χ3v) is 2.95. The average molecular weight is 237 g/mol. The molecule has 1 aliphatic rings. The van der Waals surface area contributed by atoms with Crippen molar-refractivity contribution in [3.63, 3.8) is 0 Å². The predicted octanol–water partition coefficient (Wildman–Crippen LogP) is 1.97. The predicted molar refractivity (Wildman–Crippen MR) is 66.0 cm³/mol. The summed E-state index contributed by atoms with van der Waals surface area (Å²) in [5.41, 5.74) is 7.57. The summed E-state index contributed by atoms with van der Waals surface area (Å²) < 4.78 is 16.2. The quantitative estimate of drug-likeness (QED) is 0.813. The molecule has 0 spiro atoms. The second kappa shape index (κ2) is 5.89. The molecular formula is C13H19NO3. The summed E-state index contributed by atoms with van der Waals surface area (Å²) in [6.07, 6.45) is 2.27. The van der Waals surface area contributed by atoms with E-state index in [9.17, 15) is 0 Å². The van der Waals surface area contributed by atoms with Crippen LogP contribution in [0.4, 0.5) is 5.69 Å². The lowest BCUT2D eigenvalue weighted by Gasteiger charge is -2.22. The largest absolute Gasteiger partial charge is 0.495 e. The minimum atomic E-state index is 0.312. The molecule has 17 heavy (non-hydrogen) atoms. The fourth-order valence-electron chi connectivity index (χ4n) is 1.93. The number of ether oxygens (including phenoxy) is 3. The molecule has 0 unspecified atom stereocenters. The van der Waals surface area contributed by atoms with E-state index in [0.717, 1.165) is 31.6 Å². The van der Waals surface area contributed by atoms with E-state index in [4.69, 9.17) is 19.9 Å². The van der Waals surface area contributed by atoms with Crippen LogP contribution in [0.1, 0.15) is 18.4 Å². The Hall–Kier alpha value is -1.26. The number of hydrogen-bond acceptors (Lipinski definition) is 4. The Balaban J connectivity index is 1.87. The van der Waals surface area contributed by atoms with E-state index in [0.29, 0.717) is 24.1 Å². The number of rotatable bonds is 4. The molecular weight excluding hydrogens is 218 g/mol. The second-order valence-electron chi connectivity index (χ2n) is 4.20. The molecule has 4 nitrogen and oxygen atoms in total. The first kappa shape index (κ1) is 12.2. The van der Waals surface area contributed by atoms with Crippen molar-refractivity contribution in [2.45, 2.75) is 25.6 Å². The van der Waals surface area contributed by atoms with Gasteiger partial charge in [-0.2, -0.15) is 0 Å². The normalized spacial score (nSPS) is 17.0. The van der Waals surface area contributed by atoms with Crippen LogP contribution >= 0.6 is 0 Å². The van der Waals surface area contributed by atoms with Gasteiger partial charge in [-0.3, -0.25) is 0 Å². The van der Waals surface area contributed by atoms with Crippen LogP contribution in [0.5, 0.6) is 5.75 Å². The number of benzene rings is 1. The topological polar surface area (TPSA) is 53.7 Å². The molecule has 0 atom stereocenters. The van der Waals surface area contributed by atoms with Gasteiger partial charge in [-0.25, -0.2) is 0 Å². The summed E-state index contributed by atoms with van der Waals surface area (Å²) >= 11 is 0. The van der Waals surface area contributed by atoms with Crippen molar-refractivity contribution in [1.29, 1.82) is 0 Å². The van der Waals surface area contributed by atoms with Crippen LogP contribution < -0.4 is 10.5 Å². The smallest absolute Gasteiger partial charge is 0.141 e. The van der Waals surface area contributed by atoms with Crippen molar-refractivity contribution in [3.8, 4) is 5.75 Å². The molecule has 1 heterocycles. The number of nitrogen functional groups attached to an aromatic ring is 1. The lowest BCUT2D eigenvalue weighted by Crippen LogP contribution is -2.23. The van der Waals surface area contributed by atoms with Crippen molar-refractivity contribution in [2.75, 3.05) is 26.1 Å². The van der Waals surface area contributed by atoms with Crippen LogP contribution in [-0.4, -0.2) is 26.4 Å². The van der Waals surface area contributed by atoms with E-state index in [2.05, 4.69) is 0 Å². The van der Waals surface area contributed by atoms with E-state index in [1.165, 1.54) is 0 Å². The lowest BCUT2D eigenvalue weighted by molar-refractivity contribution is -0.0390. The molecule has 2 rings (SSSR count). The molecule has 1 aliphatic heterocycles. The van der Waals surface area contributed by atoms with Crippen molar-refractivity contribution in [2.24, 2.45) is 0 Å². The molecule has 4 heteroatoms. The maximum Gasteiger partial charge on any atom is 0.141 e. The Morgan fingerprint density at radius 3 is 2.76 bits per heavy atom. The molecule has 1 aromatic carbocycles. The van der Waals surface area contributed by atoms with E-state index >= 15 is 0 Å². The van der Waals surface area contributed by atoms with Gasteiger partial charge in [-0.1, -0.05) is 6.07 Å². The molecule has 2 N–H and O–H groups in total. The van der Waals surface area contributed by atoms with Gasteiger partial charge in [0, 0.05) is 13.2 Å². The third-order valence-electron chi connectivity index (χ3n) is 2.95. The third kappa shape index (κ3) is 3.35. The number of anilines is 1. The van der Waals surface area contributed by atoms with Crippen molar-refractivity contribution in [3.05, 3.63) is 23.8 Å². The Morgan fingerprint density at radius 1 is 1.35 bits per heavy atom. The standard InChI is InChI=1S/C13H19NO3/c1-15-13-3-2-10(8-12(13)14)9-17-11-4-6-16-7-5-11/h2-3,8,11H,4-7,9,14H2,1H3. The molecule has 1 fully saturated rings. The summed E-state index contributed by atoms with van der Waals surface area (Å²) in [5.74, 6) is 0.708. The first-order valence-corrected chi connectivity index (χ1v) is 5.91. The second-order valence-corrected chi connectivity index (χ2v) is 4.20. The summed E-state index contributed by atoms with van der Waals surface area (Å²) in [7, 11) is 1.61. The Bertz CT molecular complexity index is 362. The van der Waals surface area contributed by atoms with Crippen LogP contribution in [0.25, 0.3) is 0 Å². The van der Waals surface area contributed by atoms with Crippen LogP contribution in [0.3, 0.4) is 0 Å². The molecule has 94 valence electrons. The highest BCUT2D eigenvalue weighted by molar-refractivity contribution is 5.54. The highest BCUT2D eigenvalue weighted by Gasteiger charge is 2.14. The molecule has 0 aromatic heterocycles. The van der Waals surface area contributed by atoms with Gasteiger partial charge in [0.2, 0.25) is 0 Å². The van der Waals surface area contributed by atoms with Gasteiger partial charge in [0.1, 0.15) is 5.75 Å². The molecule has 0 saturated carbocycles. The van der Waals surface area contributed by atoms with Gasteiger partial charge in [-0.15, -0.1) is 0 Å². The summed E-state index contributed by atoms with van der Waals surface area (Å²) in [4.78, 5) is 0. The monoisotopic (exact) mass is 237 g/mol. The average Bonchev–Trinajstić information content (AvgIpc) is 2.38. The van der Waals surface area contributed by atoms with Crippen LogP contribution in [0, 0.1) is 0 Å². The zero-order valence-corrected chi connectivity index (χ0v) is 10.1. The SMILES string of the molecule is COc1ccc(COC2CCOCC2)cc1N. The Morgan fingerprint density at radius 2 is 2.12 bits per heavy atom. The van der Waals surface area contributed by atoms with Gasteiger partial charge < -0.3 is 19.9 Å². The van der Waals surface area contributed by atoms with E-state index in [1.54, 1.807) is 7.11 Å². The Labute approximate surface area is 102 Å². The maximum absolute atomic E-state index is 5.84. The summed E-state index contributed by atoms with van der Waals surface area (Å²) in [5, 5.41) is 0. The minimum absolute atomic E-state index is 0.312. The fraction of sp³-hybridized carbons (Fsp3) is 0.538. The molecule has 1 saturated heterocycles. The van der Waals surface area contributed by atoms with Crippen LogP contribution in [-0.2, 0) is 16.1 Å². The van der Waals surface area contributed by atoms with Gasteiger partial charge in [-0.05, 0) is 30.5 Å². The van der Waals surface area contributed by atoms with Crippen LogP contribution in [0.15, 0.2) is 18.2 Å². The first-order valence-electron chi connectivity index (χ1n) is 5.91. The Kier molecular flexibility index (Phi) is 4.23. The van der Waals surface area contributed by atoms with Crippen molar-refractivity contribution in [1.82, 2.24) is 0 Å². The molecule has 1 aromatic rings. The molecule has 0 amide bonds. The minimum Gasteiger partial charge on any atom is -0.495 e. The van der Waals surface area contributed by atoms with Gasteiger partial charge in [0.25, 0.3) is 0 Å². The van der Waals surface area contributed by atoms with Crippen molar-refractivity contribution < 1.29 is 14.2 Å². The highest BCUT2D eigenvalue weighted by atomic mass is 16.5. The lowest BCUT2D eigenvalue weighted by atomic mass is 10.1. The fourth-order valence-corrected chi connectivity index (χ4v) is 1.93. The number of nitrogens with two attached hydrogens (primary N) is 1. The number of hydrogen-bond donors (Lipinski definition) is 1. The van der Waals surface area contributed by atoms with Crippen molar-refractivity contribution >= 4 is 5.69 Å². The van der Waals surface area contributed by atoms with Gasteiger partial charge in [0.15, 0.2) is 0 Å². The van der Waals surface area contributed by atoms with Crippen LogP contribution in [0.2, 0.25) is 0 Å². The van der Waals surface area contributed by atoms with Gasteiger partial charge in [0.05, 0.1) is 25.5 Å². The molecule has 0 bridgehead atoms. The van der Waals surface area contributed by atoms with E-state index in [-0.39, 0.29) is 0 Å². The zero-order valence-electron chi connectivity index (χ0n) is 10.1. The van der Waals surface area contributed by atoms with E-state index < -0.39 is 0 Å². The summed E-state index contributed by atoms with van der Waals surface area (Å²) in [6.45, 7) is 2.20. The van der Waals surface area contributed by atoms with Gasteiger partial charge >= 0.3 is 0 Å². The van der Waals surface area contributed by atoms with E-state index in [1.807, 2.05) is 18.2 Å². The first-order chi connectivity index (χ1) is 8.29. The highest BCUT2D eigenvalue weighted by Crippen LogP contribution is 2.23. The zero-order chi connectivity index (χ0) is 12.1.